The number of piperidine rings is 1. The number of nitrogens with zero attached hydrogens (tertiary/aromatic N) is 2. The van der Waals surface area contributed by atoms with Gasteiger partial charge >= 0.3 is 0 Å². The zero-order valence-electron chi connectivity index (χ0n) is 25.9. The number of nitrogens with one attached hydrogen (secondary N) is 2. The van der Waals surface area contributed by atoms with E-state index in [4.69, 9.17) is 16.3 Å². The molecule has 1 fully saturated rings. The maximum absolute atomic E-state index is 13.0. The largest absolute Gasteiger partial charge is 0.488 e. The van der Waals surface area contributed by atoms with Gasteiger partial charge in [0.2, 0.25) is 0 Å². The number of sulfone groups is 2. The quantitative estimate of drug-likeness (QED) is 0.260. The molecule has 5 rings (SSSR count). The minimum atomic E-state index is -3.52. The Morgan fingerprint density at radius 1 is 1.05 bits per heavy atom. The van der Waals surface area contributed by atoms with Crippen LogP contribution in [0, 0.1) is 6.92 Å². The number of halogens is 1. The molecule has 238 valence electrons. The monoisotopic (exact) mass is 660 g/mol. The standard InChI is InChI=1S/C32H41ClN4O5S2/c1-20(2)44(40,41)29-9-7-6-8-26(29)35-27-18-30(34-19-25(27)33)36-28-16-21(3)31(24-17-22(4)42-32(24)28)23-10-12-37(13-11-23)14-15-43(5,38)39/h6-9,16,18-20,22-23H,10-15,17H2,1-5H3,(H2,34,35,36)/t22-/m0/s1. The normalized spacial score (nSPS) is 17.8. The van der Waals surface area contributed by atoms with Crippen LogP contribution in [0.3, 0.4) is 0 Å². The molecule has 3 heterocycles. The van der Waals surface area contributed by atoms with E-state index in [-0.39, 0.29) is 16.8 Å². The van der Waals surface area contributed by atoms with Crippen LogP contribution in [0.15, 0.2) is 47.5 Å². The number of aromatic nitrogens is 1. The van der Waals surface area contributed by atoms with Crippen molar-refractivity contribution in [2.45, 2.75) is 69.1 Å². The number of pyridine rings is 1. The van der Waals surface area contributed by atoms with E-state index in [1.807, 2.05) is 0 Å². The first kappa shape index (κ1) is 32.5. The van der Waals surface area contributed by atoms with Crippen molar-refractivity contribution in [1.29, 1.82) is 0 Å². The molecule has 1 saturated heterocycles. The molecule has 0 aliphatic carbocycles. The van der Waals surface area contributed by atoms with E-state index in [1.54, 1.807) is 44.2 Å². The Kier molecular flexibility index (Phi) is 9.51. The third kappa shape index (κ3) is 7.17. The van der Waals surface area contributed by atoms with Gasteiger partial charge in [0.1, 0.15) is 27.5 Å². The Morgan fingerprint density at radius 2 is 1.75 bits per heavy atom. The average Bonchev–Trinajstić information content (AvgIpc) is 3.35. The summed E-state index contributed by atoms with van der Waals surface area (Å²) >= 11 is 6.52. The van der Waals surface area contributed by atoms with Crippen molar-refractivity contribution in [3.05, 3.63) is 64.3 Å². The Morgan fingerprint density at radius 3 is 2.43 bits per heavy atom. The van der Waals surface area contributed by atoms with Gasteiger partial charge in [-0.2, -0.15) is 0 Å². The molecular formula is C32H41ClN4O5S2. The molecule has 0 saturated carbocycles. The maximum atomic E-state index is 13.0. The fourth-order valence-corrected chi connectivity index (χ4v) is 8.05. The zero-order valence-corrected chi connectivity index (χ0v) is 28.2. The Balaban J connectivity index is 1.39. The molecule has 2 N–H and O–H groups in total. The van der Waals surface area contributed by atoms with Crippen LogP contribution in [0.2, 0.25) is 5.02 Å². The van der Waals surface area contributed by atoms with Crippen molar-refractivity contribution in [3.8, 4) is 5.75 Å². The highest BCUT2D eigenvalue weighted by Crippen LogP contribution is 2.46. The number of benzene rings is 2. The summed E-state index contributed by atoms with van der Waals surface area (Å²) in [5.74, 6) is 1.94. The van der Waals surface area contributed by atoms with E-state index in [1.165, 1.54) is 29.1 Å². The highest BCUT2D eigenvalue weighted by molar-refractivity contribution is 7.92. The van der Waals surface area contributed by atoms with Gasteiger partial charge in [0.05, 0.1) is 44.2 Å². The molecule has 3 aromatic rings. The molecule has 0 spiro atoms. The van der Waals surface area contributed by atoms with Crippen LogP contribution in [0.5, 0.6) is 5.75 Å². The number of rotatable bonds is 10. The summed E-state index contributed by atoms with van der Waals surface area (Å²) in [6.45, 7) is 9.85. The highest BCUT2D eigenvalue weighted by Gasteiger charge is 2.32. The number of hydrogen-bond acceptors (Lipinski definition) is 9. The lowest BCUT2D eigenvalue weighted by Gasteiger charge is -2.33. The number of hydrogen-bond donors (Lipinski definition) is 2. The van der Waals surface area contributed by atoms with Crippen molar-refractivity contribution in [2.75, 3.05) is 42.3 Å². The first-order valence-corrected chi connectivity index (χ1v) is 19.0. The minimum absolute atomic E-state index is 0.0377. The lowest BCUT2D eigenvalue weighted by atomic mass is 9.82. The smallest absolute Gasteiger partial charge is 0.182 e. The van der Waals surface area contributed by atoms with E-state index in [9.17, 15) is 16.8 Å². The molecule has 1 atom stereocenters. The van der Waals surface area contributed by atoms with Crippen LogP contribution in [-0.2, 0) is 26.1 Å². The summed E-state index contributed by atoms with van der Waals surface area (Å²) in [6, 6.07) is 10.7. The Bertz CT molecular complexity index is 1750. The highest BCUT2D eigenvalue weighted by atomic mass is 35.5. The van der Waals surface area contributed by atoms with Gasteiger partial charge in [-0.3, -0.25) is 0 Å². The summed E-state index contributed by atoms with van der Waals surface area (Å²) in [7, 11) is -6.50. The van der Waals surface area contributed by atoms with E-state index in [0.29, 0.717) is 34.7 Å². The molecule has 2 aliphatic rings. The fourth-order valence-electron chi connectivity index (χ4n) is 6.11. The average molecular weight is 661 g/mol. The molecular weight excluding hydrogens is 620 g/mol. The second-order valence-corrected chi connectivity index (χ2v) is 17.4. The van der Waals surface area contributed by atoms with Gasteiger partial charge in [0.25, 0.3) is 0 Å². The molecule has 0 unspecified atom stereocenters. The third-order valence-electron chi connectivity index (χ3n) is 8.42. The van der Waals surface area contributed by atoms with Crippen molar-refractivity contribution >= 4 is 54.2 Å². The second-order valence-electron chi connectivity index (χ2n) is 12.2. The van der Waals surface area contributed by atoms with Crippen LogP contribution >= 0.6 is 11.6 Å². The fraction of sp³-hybridized carbons (Fsp3) is 0.469. The van der Waals surface area contributed by atoms with Gasteiger partial charge in [0, 0.05) is 30.9 Å². The zero-order chi connectivity index (χ0) is 31.8. The third-order valence-corrected chi connectivity index (χ3v) is 11.9. The van der Waals surface area contributed by atoms with Crippen molar-refractivity contribution in [2.24, 2.45) is 0 Å². The SMILES string of the molecule is Cc1cc(Nc2cc(Nc3ccccc3S(=O)(=O)C(C)C)c(Cl)cn2)c2c(c1C1CCN(CCS(C)(=O)=O)CC1)C[C@H](C)O2. The number of likely N-dealkylation sites (tertiary alicyclic amines) is 1. The summed E-state index contributed by atoms with van der Waals surface area (Å²) in [5, 5.41) is 6.43. The molecule has 2 aliphatic heterocycles. The van der Waals surface area contributed by atoms with Gasteiger partial charge in [-0.15, -0.1) is 0 Å². The predicted molar refractivity (Wildman–Crippen MR) is 178 cm³/mol. The molecule has 1 aromatic heterocycles. The van der Waals surface area contributed by atoms with Crippen molar-refractivity contribution in [1.82, 2.24) is 9.88 Å². The maximum Gasteiger partial charge on any atom is 0.182 e. The number of para-hydroxylation sites is 1. The minimum Gasteiger partial charge on any atom is -0.488 e. The summed E-state index contributed by atoms with van der Waals surface area (Å²) < 4.78 is 55.6. The molecule has 0 amide bonds. The van der Waals surface area contributed by atoms with Crippen LogP contribution in [0.1, 0.15) is 56.2 Å². The summed E-state index contributed by atoms with van der Waals surface area (Å²) in [5.41, 5.74) is 5.53. The van der Waals surface area contributed by atoms with Gasteiger partial charge in [-0.1, -0.05) is 23.7 Å². The van der Waals surface area contributed by atoms with Crippen LogP contribution < -0.4 is 15.4 Å². The number of aryl methyl sites for hydroxylation is 1. The van der Waals surface area contributed by atoms with Crippen LogP contribution in [0.25, 0.3) is 0 Å². The van der Waals surface area contributed by atoms with Crippen molar-refractivity contribution in [3.63, 3.8) is 0 Å². The van der Waals surface area contributed by atoms with Crippen LogP contribution in [0.4, 0.5) is 22.9 Å². The van der Waals surface area contributed by atoms with Gasteiger partial charge in [-0.05, 0) is 88.9 Å². The second kappa shape index (κ2) is 12.9. The molecule has 44 heavy (non-hydrogen) atoms. The van der Waals surface area contributed by atoms with E-state index >= 15 is 0 Å². The molecule has 12 heteroatoms. The van der Waals surface area contributed by atoms with Gasteiger partial charge in [-0.25, -0.2) is 21.8 Å². The predicted octanol–water partition coefficient (Wildman–Crippen LogP) is 6.26. The number of ether oxygens (including phenoxy) is 1. The van der Waals surface area contributed by atoms with Crippen LogP contribution in [-0.4, -0.2) is 69.7 Å². The van der Waals surface area contributed by atoms with Crippen molar-refractivity contribution < 1.29 is 21.6 Å². The topological polar surface area (TPSA) is 118 Å². The summed E-state index contributed by atoms with van der Waals surface area (Å²) in [4.78, 5) is 6.96. The van der Waals surface area contributed by atoms with E-state index in [2.05, 4.69) is 40.4 Å². The van der Waals surface area contributed by atoms with E-state index in [0.717, 1.165) is 43.8 Å². The summed E-state index contributed by atoms with van der Waals surface area (Å²) in [6.07, 6.45) is 5.63. The molecule has 0 bridgehead atoms. The first-order chi connectivity index (χ1) is 20.7. The lowest BCUT2D eigenvalue weighted by molar-refractivity contribution is 0.222. The Labute approximate surface area is 266 Å². The number of fused-ring (bicyclic) bond motifs is 1. The molecule has 9 nitrogen and oxygen atoms in total. The molecule has 0 radical (unpaired) electrons. The number of anilines is 4. The molecule has 2 aromatic carbocycles. The lowest BCUT2D eigenvalue weighted by Crippen LogP contribution is -2.36. The van der Waals surface area contributed by atoms with E-state index < -0.39 is 24.9 Å². The first-order valence-electron chi connectivity index (χ1n) is 15.0. The van der Waals surface area contributed by atoms with Gasteiger partial charge in [0.15, 0.2) is 9.84 Å². The Hall–Kier alpha value is -2.86. The van der Waals surface area contributed by atoms with Gasteiger partial charge < -0.3 is 20.3 Å².